The number of nitrogens with zero attached hydrogens (tertiary/aromatic N) is 5. The highest BCUT2D eigenvalue weighted by atomic mass is 35.5. The molecule has 1 rings (SSSR count). The fourth-order valence-corrected chi connectivity index (χ4v) is 1.18. The Bertz CT molecular complexity index is 370. The van der Waals surface area contributed by atoms with Gasteiger partial charge in [-0.2, -0.15) is 9.89 Å². The van der Waals surface area contributed by atoms with Crippen LogP contribution >= 0.6 is 11.6 Å². The van der Waals surface area contributed by atoms with E-state index >= 15 is 0 Å². The molecule has 0 N–H and O–H groups in total. The molecule has 0 bridgehead atoms. The monoisotopic (exact) mass is 227 g/mol. The summed E-state index contributed by atoms with van der Waals surface area (Å²) < 4.78 is 0. The summed E-state index contributed by atoms with van der Waals surface area (Å²) in [5, 5.41) is 8.09. The molecule has 0 atom stereocenters. The second-order valence-electron chi connectivity index (χ2n) is 2.87. The minimum atomic E-state index is 0.414. The number of hydrazine groups is 1. The zero-order valence-corrected chi connectivity index (χ0v) is 9.81. The normalized spacial score (nSPS) is 11.3. The smallest absolute Gasteiger partial charge is 0.151 e. The Hall–Kier alpha value is -1.49. The van der Waals surface area contributed by atoms with Gasteiger partial charge in [-0.15, -0.1) is 0 Å². The largest absolute Gasteiger partial charge is 0.281 e. The molecule has 1 aromatic rings. The van der Waals surface area contributed by atoms with Crippen LogP contribution in [0.2, 0.25) is 0 Å². The highest BCUT2D eigenvalue weighted by Crippen LogP contribution is 2.05. The lowest BCUT2D eigenvalue weighted by Gasteiger charge is -2.28. The lowest BCUT2D eigenvalue weighted by molar-refractivity contribution is 0.322. The Morgan fingerprint density at radius 3 is 2.87 bits per heavy atom. The van der Waals surface area contributed by atoms with Crippen LogP contribution in [0.1, 0.15) is 5.69 Å². The first-order valence-corrected chi connectivity index (χ1v) is 4.75. The van der Waals surface area contributed by atoms with E-state index in [1.54, 1.807) is 40.4 Å². The minimum Gasteiger partial charge on any atom is -0.281 e. The van der Waals surface area contributed by atoms with Crippen LogP contribution in [0, 0.1) is 0 Å². The van der Waals surface area contributed by atoms with Crippen LogP contribution in [0.4, 0.5) is 0 Å². The molecule has 0 spiro atoms. The van der Waals surface area contributed by atoms with Gasteiger partial charge in [0.25, 0.3) is 0 Å². The SMILES string of the molecule is C=CN(C)N(C)n1nccc1C(Cl)=NC. The predicted molar refractivity (Wildman–Crippen MR) is 62.6 cm³/mol. The predicted octanol–water partition coefficient (Wildman–Crippen LogP) is 1.06. The highest BCUT2D eigenvalue weighted by molar-refractivity contribution is 6.69. The second-order valence-corrected chi connectivity index (χ2v) is 3.22. The molecule has 0 fully saturated rings. The summed E-state index contributed by atoms with van der Waals surface area (Å²) >= 11 is 5.95. The molecule has 0 aliphatic rings. The number of hydrogen-bond donors (Lipinski definition) is 0. The highest BCUT2D eigenvalue weighted by Gasteiger charge is 2.11. The third kappa shape index (κ3) is 2.30. The molecular formula is C9H14ClN5. The maximum atomic E-state index is 5.95. The van der Waals surface area contributed by atoms with E-state index in [1.165, 1.54) is 0 Å². The number of hydrogen-bond acceptors (Lipinski definition) is 4. The van der Waals surface area contributed by atoms with Crippen LogP contribution in [-0.2, 0) is 0 Å². The van der Waals surface area contributed by atoms with Gasteiger partial charge in [0.2, 0.25) is 0 Å². The summed E-state index contributed by atoms with van der Waals surface area (Å²) in [4.78, 5) is 5.55. The van der Waals surface area contributed by atoms with Crippen LogP contribution in [-0.4, -0.2) is 41.2 Å². The van der Waals surface area contributed by atoms with E-state index in [1.807, 2.05) is 14.1 Å². The van der Waals surface area contributed by atoms with Gasteiger partial charge in [-0.05, 0) is 6.07 Å². The van der Waals surface area contributed by atoms with E-state index in [0.29, 0.717) is 5.17 Å². The zero-order valence-electron chi connectivity index (χ0n) is 9.05. The first kappa shape index (κ1) is 11.6. The number of rotatable bonds is 4. The van der Waals surface area contributed by atoms with E-state index in [2.05, 4.69) is 16.7 Å². The van der Waals surface area contributed by atoms with Gasteiger partial charge in [0.05, 0.1) is 6.20 Å². The van der Waals surface area contributed by atoms with Gasteiger partial charge in [-0.25, -0.2) is 5.12 Å². The fourth-order valence-electron chi connectivity index (χ4n) is 1.04. The van der Waals surface area contributed by atoms with Gasteiger partial charge < -0.3 is 0 Å². The molecule has 0 saturated carbocycles. The van der Waals surface area contributed by atoms with Gasteiger partial charge in [0, 0.05) is 27.3 Å². The van der Waals surface area contributed by atoms with E-state index in [9.17, 15) is 0 Å². The lowest BCUT2D eigenvalue weighted by Crippen LogP contribution is -2.43. The van der Waals surface area contributed by atoms with E-state index in [0.717, 1.165) is 5.69 Å². The van der Waals surface area contributed by atoms with Crippen LogP contribution in [0.25, 0.3) is 0 Å². The van der Waals surface area contributed by atoms with Gasteiger partial charge >= 0.3 is 0 Å². The third-order valence-corrected chi connectivity index (χ3v) is 2.39. The molecule has 1 aromatic heterocycles. The Kier molecular flexibility index (Phi) is 3.74. The average molecular weight is 228 g/mol. The van der Waals surface area contributed by atoms with Crippen molar-refractivity contribution in [2.75, 3.05) is 26.3 Å². The first-order valence-electron chi connectivity index (χ1n) is 4.37. The Balaban J connectivity index is 3.04. The fraction of sp³-hybridized carbons (Fsp3) is 0.333. The molecule has 82 valence electrons. The molecule has 0 aromatic carbocycles. The van der Waals surface area contributed by atoms with E-state index < -0.39 is 0 Å². The molecule has 0 amide bonds. The number of aromatic nitrogens is 2. The minimum absolute atomic E-state index is 0.414. The second kappa shape index (κ2) is 4.84. The molecule has 0 unspecified atom stereocenters. The van der Waals surface area contributed by atoms with Gasteiger partial charge in [-0.1, -0.05) is 18.2 Å². The van der Waals surface area contributed by atoms with E-state index in [-0.39, 0.29) is 0 Å². The quantitative estimate of drug-likeness (QED) is 0.570. The van der Waals surface area contributed by atoms with Gasteiger partial charge in [-0.3, -0.25) is 10.0 Å². The van der Waals surface area contributed by atoms with Crippen molar-refractivity contribution < 1.29 is 0 Å². The molecule has 1 heterocycles. The van der Waals surface area contributed by atoms with Crippen molar-refractivity contribution in [2.45, 2.75) is 0 Å². The van der Waals surface area contributed by atoms with Crippen molar-refractivity contribution in [1.29, 1.82) is 0 Å². The first-order chi connectivity index (χ1) is 7.11. The van der Waals surface area contributed by atoms with Crippen molar-refractivity contribution in [1.82, 2.24) is 14.9 Å². The summed E-state index contributed by atoms with van der Waals surface area (Å²) in [6, 6.07) is 1.79. The Labute approximate surface area is 94.2 Å². The molecule has 0 aliphatic heterocycles. The van der Waals surface area contributed by atoms with Crippen molar-refractivity contribution in [3.8, 4) is 0 Å². The van der Waals surface area contributed by atoms with E-state index in [4.69, 9.17) is 11.6 Å². The summed E-state index contributed by atoms with van der Waals surface area (Å²) in [7, 11) is 5.34. The molecule has 0 saturated heterocycles. The standard InChI is InChI=1S/C9H14ClN5/c1-5-13(3)14(4)15-8(6-7-12-15)9(10)11-2/h5-7H,1H2,2-4H3. The molecular weight excluding hydrogens is 214 g/mol. The van der Waals surface area contributed by atoms with Crippen molar-refractivity contribution in [2.24, 2.45) is 4.99 Å². The van der Waals surface area contributed by atoms with Gasteiger partial charge in [0.15, 0.2) is 5.17 Å². The summed E-state index contributed by atoms with van der Waals surface area (Å²) in [6.45, 7) is 3.67. The molecule has 5 nitrogen and oxygen atoms in total. The van der Waals surface area contributed by atoms with Gasteiger partial charge in [0.1, 0.15) is 5.69 Å². The molecule has 6 heteroatoms. The number of aliphatic imine (C=N–C) groups is 1. The molecule has 0 aliphatic carbocycles. The Morgan fingerprint density at radius 1 is 1.67 bits per heavy atom. The van der Waals surface area contributed by atoms with Crippen LogP contribution < -0.4 is 5.12 Å². The van der Waals surface area contributed by atoms with Crippen LogP contribution in [0.15, 0.2) is 30.0 Å². The summed E-state index contributed by atoms with van der Waals surface area (Å²) in [5.41, 5.74) is 0.732. The maximum absolute atomic E-state index is 5.95. The Morgan fingerprint density at radius 2 is 2.33 bits per heavy atom. The lowest BCUT2D eigenvalue weighted by atomic mass is 10.5. The maximum Gasteiger partial charge on any atom is 0.151 e. The van der Waals surface area contributed by atoms with Crippen LogP contribution in [0.3, 0.4) is 0 Å². The number of halogens is 1. The zero-order chi connectivity index (χ0) is 11.4. The summed E-state index contributed by atoms with van der Waals surface area (Å²) in [5.74, 6) is 0. The third-order valence-electron chi connectivity index (χ3n) is 2.03. The van der Waals surface area contributed by atoms with Crippen molar-refractivity contribution in [3.05, 3.63) is 30.7 Å². The van der Waals surface area contributed by atoms with Crippen molar-refractivity contribution in [3.63, 3.8) is 0 Å². The average Bonchev–Trinajstić information content (AvgIpc) is 2.74. The summed E-state index contributed by atoms with van der Waals surface area (Å²) in [6.07, 6.45) is 3.33. The molecule has 0 radical (unpaired) electrons. The van der Waals surface area contributed by atoms with Crippen LogP contribution in [0.5, 0.6) is 0 Å². The van der Waals surface area contributed by atoms with Crippen molar-refractivity contribution >= 4 is 16.8 Å². The topological polar surface area (TPSA) is 36.7 Å². The molecule has 15 heavy (non-hydrogen) atoms.